The lowest BCUT2D eigenvalue weighted by atomic mass is 10.1. The quantitative estimate of drug-likeness (QED) is 0.228. The molecule has 0 aliphatic rings. The highest BCUT2D eigenvalue weighted by Gasteiger charge is 2.23. The fourth-order valence-electron chi connectivity index (χ4n) is 3.88. The van der Waals surface area contributed by atoms with Gasteiger partial charge in [0.05, 0.1) is 12.2 Å². The van der Waals surface area contributed by atoms with Crippen LogP contribution in [0.4, 0.5) is 0 Å². The van der Waals surface area contributed by atoms with Crippen molar-refractivity contribution in [1.29, 1.82) is 0 Å². The third-order valence-corrected chi connectivity index (χ3v) is 5.61. The lowest BCUT2D eigenvalue weighted by molar-refractivity contribution is -0.566. The minimum Gasteiger partial charge on any atom is -0.618 e. The highest BCUT2D eigenvalue weighted by atomic mass is 16.7. The molecule has 0 aliphatic carbocycles. The van der Waals surface area contributed by atoms with Crippen LogP contribution in [0.3, 0.4) is 0 Å². The van der Waals surface area contributed by atoms with E-state index in [2.05, 4.69) is 0 Å². The Balaban J connectivity index is 1.44. The molecule has 7 nitrogen and oxygen atoms in total. The van der Waals surface area contributed by atoms with E-state index < -0.39 is 5.56 Å². The minimum absolute atomic E-state index is 0.0247. The van der Waals surface area contributed by atoms with Gasteiger partial charge in [-0.2, -0.15) is 4.73 Å². The third-order valence-electron chi connectivity index (χ3n) is 5.61. The van der Waals surface area contributed by atoms with Crippen molar-refractivity contribution in [2.24, 2.45) is 0 Å². The summed E-state index contributed by atoms with van der Waals surface area (Å²) in [6.45, 7) is 2.54. The van der Waals surface area contributed by atoms with E-state index in [1.54, 1.807) is 48.5 Å². The summed E-state index contributed by atoms with van der Waals surface area (Å²) in [5, 5.41) is 13.2. The summed E-state index contributed by atoms with van der Waals surface area (Å²) < 4.78 is 13.2. The number of hydrogen-bond acceptors (Lipinski definition) is 5. The summed E-state index contributed by atoms with van der Waals surface area (Å²) in [7, 11) is 0. The van der Waals surface area contributed by atoms with Crippen LogP contribution in [-0.4, -0.2) is 11.3 Å². The molecule has 0 saturated heterocycles. The number of ether oxygens (including phenoxy) is 2. The Hall–Kier alpha value is -4.78. The van der Waals surface area contributed by atoms with E-state index in [-0.39, 0.29) is 12.3 Å². The molecule has 0 saturated carbocycles. The van der Waals surface area contributed by atoms with Gasteiger partial charge in [0, 0.05) is 6.07 Å². The van der Waals surface area contributed by atoms with Crippen molar-refractivity contribution in [3.8, 4) is 28.5 Å². The van der Waals surface area contributed by atoms with Gasteiger partial charge in [-0.3, -0.25) is 4.79 Å². The highest BCUT2D eigenvalue weighted by Crippen LogP contribution is 2.22. The molecule has 0 N–H and O–H groups in total. The summed E-state index contributed by atoms with van der Waals surface area (Å²) >= 11 is 0. The van der Waals surface area contributed by atoms with Crippen molar-refractivity contribution < 1.29 is 19.0 Å². The first-order chi connectivity index (χ1) is 17.6. The number of para-hydroxylation sites is 3. The maximum atomic E-state index is 13.5. The Bertz CT molecular complexity index is 1530. The Labute approximate surface area is 207 Å². The molecule has 0 atom stereocenters. The molecule has 0 bridgehead atoms. The van der Waals surface area contributed by atoms with Gasteiger partial charge in [-0.1, -0.05) is 42.5 Å². The number of aromatic nitrogens is 2. The van der Waals surface area contributed by atoms with Crippen LogP contribution in [0.15, 0.2) is 108 Å². The van der Waals surface area contributed by atoms with Crippen LogP contribution in [0, 0.1) is 5.21 Å². The summed E-state index contributed by atoms with van der Waals surface area (Å²) in [5.41, 5.74) is 1.46. The number of nitrogens with zero attached hydrogens (tertiary/aromatic N) is 2. The first-order valence-electron chi connectivity index (χ1n) is 11.6. The maximum Gasteiger partial charge on any atom is 0.357 e. The second kappa shape index (κ2) is 10.2. The Kier molecular flexibility index (Phi) is 6.53. The Morgan fingerprint density at radius 1 is 0.778 bits per heavy atom. The molecule has 180 valence electrons. The van der Waals surface area contributed by atoms with E-state index in [0.717, 1.165) is 11.3 Å². The van der Waals surface area contributed by atoms with Crippen LogP contribution >= 0.6 is 0 Å². The summed E-state index contributed by atoms with van der Waals surface area (Å²) in [6.07, 6.45) is 0. The number of fused-ring (bicyclic) bond motifs is 1. The number of hydrogen-bond donors (Lipinski definition) is 0. The molecule has 1 aromatic heterocycles. The van der Waals surface area contributed by atoms with Crippen LogP contribution in [-0.2, 0) is 6.61 Å². The topological polar surface area (TPSA) is 76.6 Å². The fourth-order valence-corrected chi connectivity index (χ4v) is 3.88. The van der Waals surface area contributed by atoms with Crippen molar-refractivity contribution >= 4 is 11.0 Å². The predicted octanol–water partition coefficient (Wildman–Crippen LogP) is 5.12. The van der Waals surface area contributed by atoms with Crippen molar-refractivity contribution in [3.05, 3.63) is 124 Å². The predicted molar refractivity (Wildman–Crippen MR) is 137 cm³/mol. The first-order valence-corrected chi connectivity index (χ1v) is 11.6. The van der Waals surface area contributed by atoms with Gasteiger partial charge in [0.25, 0.3) is 5.69 Å². The van der Waals surface area contributed by atoms with Crippen LogP contribution in [0.5, 0.6) is 17.2 Å². The molecule has 5 rings (SSSR count). The SMILES string of the molecule is CCOc1ccc(-c2c(=O)n(OCc3ccc(Oc4ccccc4)cc3)c3ccccc3[n+]2[O-])cc1. The molecule has 0 fully saturated rings. The molecule has 0 radical (unpaired) electrons. The van der Waals surface area contributed by atoms with Crippen molar-refractivity contribution in [3.63, 3.8) is 0 Å². The zero-order valence-corrected chi connectivity index (χ0v) is 19.7. The molecule has 1 heterocycles. The van der Waals surface area contributed by atoms with Crippen LogP contribution in [0.2, 0.25) is 0 Å². The van der Waals surface area contributed by atoms with E-state index in [1.807, 2.05) is 61.5 Å². The molecule has 0 amide bonds. The van der Waals surface area contributed by atoms with Gasteiger partial charge in [0.2, 0.25) is 5.52 Å². The summed E-state index contributed by atoms with van der Waals surface area (Å²) in [4.78, 5) is 19.4. The lowest BCUT2D eigenvalue weighted by Gasteiger charge is -2.14. The van der Waals surface area contributed by atoms with Crippen LogP contribution in [0.25, 0.3) is 22.3 Å². The third kappa shape index (κ3) is 4.72. The van der Waals surface area contributed by atoms with Gasteiger partial charge in [-0.15, -0.1) is 4.73 Å². The normalized spacial score (nSPS) is 10.8. The van der Waals surface area contributed by atoms with Gasteiger partial charge >= 0.3 is 5.56 Å². The zero-order valence-electron chi connectivity index (χ0n) is 19.7. The molecule has 36 heavy (non-hydrogen) atoms. The number of rotatable bonds is 8. The van der Waals surface area contributed by atoms with E-state index in [9.17, 15) is 10.0 Å². The summed E-state index contributed by atoms with van der Waals surface area (Å²) in [5.74, 6) is 2.10. The molecular weight excluding hydrogens is 456 g/mol. The number of benzene rings is 4. The minimum atomic E-state index is -0.545. The average molecular weight is 481 g/mol. The zero-order chi connectivity index (χ0) is 24.9. The molecule has 4 aromatic carbocycles. The first kappa shape index (κ1) is 23.0. The van der Waals surface area contributed by atoms with Gasteiger partial charge in [0.1, 0.15) is 23.9 Å². The van der Waals surface area contributed by atoms with Gasteiger partial charge in [-0.05, 0) is 67.1 Å². The van der Waals surface area contributed by atoms with Crippen LogP contribution in [0.1, 0.15) is 12.5 Å². The fraction of sp³-hybridized carbons (Fsp3) is 0.103. The Morgan fingerprint density at radius 2 is 1.42 bits per heavy atom. The van der Waals surface area contributed by atoms with E-state index in [0.29, 0.717) is 39.4 Å². The summed E-state index contributed by atoms with van der Waals surface area (Å²) in [6, 6.07) is 30.6. The monoisotopic (exact) mass is 480 g/mol. The van der Waals surface area contributed by atoms with Crippen molar-refractivity contribution in [2.75, 3.05) is 6.61 Å². The van der Waals surface area contributed by atoms with E-state index in [4.69, 9.17) is 14.3 Å². The Morgan fingerprint density at radius 3 is 2.14 bits per heavy atom. The average Bonchev–Trinajstić information content (AvgIpc) is 2.91. The standard InChI is InChI=1S/C29H24N2O5/c1-2-34-23-18-14-22(15-19-23)28-29(32)31(27-11-7-6-10-26(27)30(28)33)35-20-21-12-16-25(17-13-21)36-24-8-4-3-5-9-24/h3-19H,2,20H2,1H3. The van der Waals surface area contributed by atoms with E-state index in [1.165, 1.54) is 4.73 Å². The second-order valence-corrected chi connectivity index (χ2v) is 8.02. The largest absolute Gasteiger partial charge is 0.618 e. The van der Waals surface area contributed by atoms with Gasteiger partial charge in [0.15, 0.2) is 5.52 Å². The molecular formula is C29H24N2O5. The molecule has 0 unspecified atom stereocenters. The lowest BCUT2D eigenvalue weighted by Crippen LogP contribution is -2.42. The van der Waals surface area contributed by atoms with Gasteiger partial charge < -0.3 is 19.5 Å². The molecule has 5 aromatic rings. The molecule has 7 heteroatoms. The smallest absolute Gasteiger partial charge is 0.357 e. The van der Waals surface area contributed by atoms with E-state index >= 15 is 0 Å². The molecule has 0 spiro atoms. The maximum absolute atomic E-state index is 13.5. The van der Waals surface area contributed by atoms with Gasteiger partial charge in [-0.25, -0.2) is 0 Å². The van der Waals surface area contributed by atoms with Crippen molar-refractivity contribution in [2.45, 2.75) is 13.5 Å². The highest BCUT2D eigenvalue weighted by molar-refractivity contribution is 5.73. The second-order valence-electron chi connectivity index (χ2n) is 8.02. The van der Waals surface area contributed by atoms with Crippen molar-refractivity contribution in [1.82, 2.24) is 4.73 Å². The molecule has 0 aliphatic heterocycles. The van der Waals surface area contributed by atoms with Crippen LogP contribution < -0.4 is 24.6 Å².